The summed E-state index contributed by atoms with van der Waals surface area (Å²) in [6, 6.07) is 83.4. The van der Waals surface area contributed by atoms with Crippen molar-refractivity contribution in [3.8, 4) is 0 Å². The number of hydrogen-bond acceptors (Lipinski definition) is 6. The van der Waals surface area contributed by atoms with Crippen molar-refractivity contribution in [2.45, 2.75) is 0 Å². The Kier molecular flexibility index (Phi) is 7.82. The van der Waals surface area contributed by atoms with Gasteiger partial charge < -0.3 is 30.7 Å². The molecule has 0 saturated carbocycles. The highest BCUT2D eigenvalue weighted by Gasteiger charge is 2.51. The van der Waals surface area contributed by atoms with E-state index in [1.165, 1.54) is 200 Å². The highest BCUT2D eigenvalue weighted by atomic mass is 15.2. The Hall–Kier alpha value is -10.2. The van der Waals surface area contributed by atoms with Crippen LogP contribution in [0, 0.1) is 0 Å². The van der Waals surface area contributed by atoms with E-state index >= 15 is 0 Å². The second kappa shape index (κ2) is 15.1. The van der Waals surface area contributed by atoms with Gasteiger partial charge in [0.05, 0.1) is 0 Å². The molecule has 13 aromatic carbocycles. The minimum atomic E-state index is -0.0103. The lowest BCUT2D eigenvalue weighted by atomic mass is 9.31. The third-order valence-corrected chi connectivity index (χ3v) is 21.0. The van der Waals surface area contributed by atoms with Crippen molar-refractivity contribution >= 4 is 242 Å². The quantitative estimate of drug-likeness (QED) is 0.142. The lowest BCUT2D eigenvalue weighted by molar-refractivity contribution is 1.30. The van der Waals surface area contributed by atoms with E-state index in [1.54, 1.807) is 0 Å². The van der Waals surface area contributed by atoms with Crippen LogP contribution in [0.2, 0.25) is 0 Å². The average molecular weight is 1060 g/mol. The number of para-hydroxylation sites is 9. The van der Waals surface area contributed by atoms with Crippen LogP contribution in [0.3, 0.4) is 0 Å². The number of nitrogens with one attached hydrogen (secondary N) is 3. The van der Waals surface area contributed by atoms with Crippen LogP contribution >= 0.6 is 0 Å². The maximum atomic E-state index is 4.42. The van der Waals surface area contributed by atoms with Gasteiger partial charge in [-0.05, 0) is 136 Å². The summed E-state index contributed by atoms with van der Waals surface area (Å²) in [4.78, 5) is 8.03. The van der Waals surface area contributed by atoms with Crippen LogP contribution in [0.25, 0.3) is 32.3 Å². The monoisotopic (exact) mass is 1060 g/mol. The molecule has 22 rings (SSSR count). The van der Waals surface area contributed by atoms with Gasteiger partial charge in [-0.25, -0.2) is 0 Å². The molecule has 0 atom stereocenters. The Bertz CT molecular complexity index is 4490. The molecule has 6 nitrogen and oxygen atoms in total. The summed E-state index contributed by atoms with van der Waals surface area (Å²) < 4.78 is 0. The molecule has 12 heteroatoms. The van der Waals surface area contributed by atoms with E-state index in [9.17, 15) is 0 Å². The standard InChI is InChI=1S/C72H42B6N6/c1-13-31-49-37(19-1)73-61-55-58(67-64-70(61)82(49)52-34-16-7-25-43(52)76(64)40-22-4-10-28-46(40)79-67)56-60(69-66-72-62(56)74-39-21-3-15-33-51(39)84(72)54-36-18-9-27-45(54)78(66)42-24-6-12-30-48(42)81-69)57-59(55)68-65-71-63(57)75-38-20-2-14-32-50(38)83(71)53-35-17-8-26-44(53)77(65)41-23-5-11-29-47(41)80-68/h1-36,73-75,79-81H. The first-order valence-electron chi connectivity index (χ1n) is 29.9. The van der Waals surface area contributed by atoms with Crippen molar-refractivity contribution in [2.24, 2.45) is 0 Å². The molecule has 0 amide bonds. The van der Waals surface area contributed by atoms with Gasteiger partial charge in [0.1, 0.15) is 0 Å². The summed E-state index contributed by atoms with van der Waals surface area (Å²) >= 11 is 0. The van der Waals surface area contributed by atoms with Gasteiger partial charge in [-0.2, -0.15) is 0 Å². The maximum Gasteiger partial charge on any atom is 0.252 e. The molecule has 13 aromatic rings. The molecule has 0 radical (unpaired) electrons. The van der Waals surface area contributed by atoms with E-state index in [-0.39, 0.29) is 20.1 Å². The summed E-state index contributed by atoms with van der Waals surface area (Å²) in [6.45, 7) is -0.0309. The first kappa shape index (κ1) is 43.5. The molecule has 0 unspecified atom stereocenters. The molecule has 3 N–H and O–H groups in total. The number of nitrogens with zero attached hydrogens (tertiary/aromatic N) is 3. The van der Waals surface area contributed by atoms with Crippen molar-refractivity contribution in [3.63, 3.8) is 0 Å². The molecular weight excluding hydrogens is 1010 g/mol. The van der Waals surface area contributed by atoms with E-state index in [1.807, 2.05) is 0 Å². The third-order valence-electron chi connectivity index (χ3n) is 21.0. The predicted molar refractivity (Wildman–Crippen MR) is 365 cm³/mol. The molecular formula is C72H42B6N6. The smallest absolute Gasteiger partial charge is 0.252 e. The molecule has 0 aliphatic carbocycles. The van der Waals surface area contributed by atoms with E-state index in [0.29, 0.717) is 0 Å². The fraction of sp³-hybridized carbons (Fsp3) is 0. The topological polar surface area (TPSA) is 45.8 Å². The number of hydrogen-bond donors (Lipinski definition) is 3. The molecule has 9 aliphatic rings. The van der Waals surface area contributed by atoms with Gasteiger partial charge in [-0.15, -0.1) is 0 Å². The van der Waals surface area contributed by atoms with Crippen LogP contribution in [0.5, 0.6) is 0 Å². The van der Waals surface area contributed by atoms with Gasteiger partial charge in [-0.3, -0.25) is 0 Å². The molecule has 0 fully saturated rings. The second-order valence-corrected chi connectivity index (χ2v) is 24.6. The van der Waals surface area contributed by atoms with Crippen molar-refractivity contribution in [1.82, 2.24) is 0 Å². The Balaban J connectivity index is 1.05. The molecule has 84 heavy (non-hydrogen) atoms. The van der Waals surface area contributed by atoms with Gasteiger partial charge in [-0.1, -0.05) is 180 Å². The highest BCUT2D eigenvalue weighted by molar-refractivity contribution is 7.04. The van der Waals surface area contributed by atoms with Gasteiger partial charge >= 0.3 is 0 Å². The Morgan fingerprint density at radius 3 is 0.810 bits per heavy atom. The number of benzene rings is 13. The lowest BCUT2D eigenvalue weighted by Crippen LogP contribution is -2.64. The van der Waals surface area contributed by atoms with Crippen LogP contribution in [0.15, 0.2) is 218 Å². The Morgan fingerprint density at radius 2 is 0.500 bits per heavy atom. The van der Waals surface area contributed by atoms with Crippen LogP contribution < -0.4 is 113 Å². The van der Waals surface area contributed by atoms with Gasteiger partial charge in [0, 0.05) is 101 Å². The molecule has 0 aromatic heterocycles. The summed E-state index contributed by atoms with van der Waals surface area (Å²) in [5.41, 5.74) is 39.0. The maximum absolute atomic E-state index is 4.42. The summed E-state index contributed by atoms with van der Waals surface area (Å²) in [6.07, 6.45) is 0. The average Bonchev–Trinajstić information content (AvgIpc) is 0.705. The van der Waals surface area contributed by atoms with E-state index < -0.39 is 0 Å². The highest BCUT2D eigenvalue weighted by Crippen LogP contribution is 2.54. The zero-order valence-corrected chi connectivity index (χ0v) is 45.5. The van der Waals surface area contributed by atoms with Gasteiger partial charge in [0.15, 0.2) is 21.8 Å². The molecule has 9 heterocycles. The van der Waals surface area contributed by atoms with Crippen LogP contribution in [-0.2, 0) is 0 Å². The number of anilines is 15. The predicted octanol–water partition coefficient (Wildman–Crippen LogP) is 5.32. The third kappa shape index (κ3) is 4.99. The molecule has 9 aliphatic heterocycles. The van der Waals surface area contributed by atoms with Crippen molar-refractivity contribution in [1.29, 1.82) is 0 Å². The summed E-state index contributed by atoms with van der Waals surface area (Å²) in [5.74, 6) is 0. The fourth-order valence-corrected chi connectivity index (χ4v) is 18.1. The molecule has 0 spiro atoms. The second-order valence-electron chi connectivity index (χ2n) is 24.6. The van der Waals surface area contributed by atoms with Gasteiger partial charge in [0.25, 0.3) is 20.1 Å². The van der Waals surface area contributed by atoms with Crippen molar-refractivity contribution in [2.75, 3.05) is 30.7 Å². The first-order chi connectivity index (χ1) is 41.7. The number of rotatable bonds is 0. The minimum Gasteiger partial charge on any atom is -0.356 e. The zero-order chi connectivity index (χ0) is 53.9. The lowest BCUT2D eigenvalue weighted by Gasteiger charge is -2.48. The fourth-order valence-electron chi connectivity index (χ4n) is 18.1. The number of fused-ring (bicyclic) bond motifs is 33. The van der Waals surface area contributed by atoms with Crippen LogP contribution in [-0.4, -0.2) is 42.0 Å². The largest absolute Gasteiger partial charge is 0.356 e. The van der Waals surface area contributed by atoms with Gasteiger partial charge in [0.2, 0.25) is 0 Å². The summed E-state index contributed by atoms with van der Waals surface area (Å²) in [5, 5.41) is 21.3. The van der Waals surface area contributed by atoms with E-state index in [4.69, 9.17) is 0 Å². The first-order valence-corrected chi connectivity index (χ1v) is 29.9. The zero-order valence-electron chi connectivity index (χ0n) is 45.5. The molecule has 0 bridgehead atoms. The SMILES string of the molecule is B1c2ccccc2N2c3ccccc3B3c4ccccc4Nc4c3c2c1c1c2c3c5c6c(c2c2c7c8c9c(c2c41)Bc1ccccc1N9c1ccccc1B8c1ccccc1N7)Bc1ccccc1N6c1ccccc1B5c1ccccc1N3. The molecule has 378 valence electrons. The normalized spacial score (nSPS) is 14.9. The Labute approximate surface area is 487 Å². The van der Waals surface area contributed by atoms with E-state index in [2.05, 4.69) is 249 Å². The Morgan fingerprint density at radius 1 is 0.250 bits per heavy atom. The van der Waals surface area contributed by atoms with E-state index in [0.717, 1.165) is 21.8 Å². The van der Waals surface area contributed by atoms with Crippen LogP contribution in [0.1, 0.15) is 0 Å². The van der Waals surface area contributed by atoms with Crippen molar-refractivity contribution in [3.05, 3.63) is 218 Å². The molecule has 0 saturated heterocycles. The van der Waals surface area contributed by atoms with Crippen LogP contribution in [0.4, 0.5) is 85.3 Å². The minimum absolute atomic E-state index is 0.0103. The van der Waals surface area contributed by atoms with Crippen molar-refractivity contribution < 1.29 is 0 Å². The summed E-state index contributed by atoms with van der Waals surface area (Å²) in [7, 11) is 2.36.